The van der Waals surface area contributed by atoms with Crippen LogP contribution in [0.4, 0.5) is 0 Å². The summed E-state index contributed by atoms with van der Waals surface area (Å²) in [6.45, 7) is -1.01. The highest BCUT2D eigenvalue weighted by atomic mass is 16.5. The number of rotatable bonds is 6. The van der Waals surface area contributed by atoms with Gasteiger partial charge < -0.3 is 24.8 Å². The fraction of sp³-hybridized carbons (Fsp3) is 0.333. The minimum atomic E-state index is -0.777. The van der Waals surface area contributed by atoms with Crippen LogP contribution in [0.2, 0.25) is 0 Å². The third-order valence-corrected chi connectivity index (χ3v) is 2.04. The van der Waals surface area contributed by atoms with E-state index in [0.29, 0.717) is 0 Å². The Hall–Kier alpha value is -2.12. The molecule has 0 amide bonds. The molecule has 3 N–H and O–H groups in total. The summed E-state index contributed by atoms with van der Waals surface area (Å²) >= 11 is 0. The van der Waals surface area contributed by atoms with Crippen LogP contribution in [-0.2, 0) is 9.47 Å². The zero-order valence-electron chi connectivity index (χ0n) is 10.0. The number of carbonyl (C=O) groups excluding carboxylic acids is 2. The van der Waals surface area contributed by atoms with E-state index in [1.165, 1.54) is 6.07 Å². The van der Waals surface area contributed by atoms with Gasteiger partial charge in [0.15, 0.2) is 0 Å². The van der Waals surface area contributed by atoms with Crippen LogP contribution in [0, 0.1) is 0 Å². The molecule has 0 atom stereocenters. The van der Waals surface area contributed by atoms with E-state index in [9.17, 15) is 14.7 Å². The molecule has 0 aliphatic carbocycles. The highest BCUT2D eigenvalue weighted by Gasteiger charge is 2.14. The molecule has 0 aliphatic rings. The van der Waals surface area contributed by atoms with E-state index in [1.54, 1.807) is 0 Å². The zero-order valence-corrected chi connectivity index (χ0v) is 10.0. The normalized spacial score (nSPS) is 10.0. The van der Waals surface area contributed by atoms with Crippen LogP contribution in [0.25, 0.3) is 0 Å². The standard InChI is InChI=1S/C12H14O7/c13-1-3-18-11(16)8-5-9(7-10(15)6-8)12(17)19-4-2-14/h5-7,13-15H,1-4H2. The van der Waals surface area contributed by atoms with Gasteiger partial charge in [0.2, 0.25) is 0 Å². The lowest BCUT2D eigenvalue weighted by molar-refractivity contribution is 0.0429. The second kappa shape index (κ2) is 7.34. The van der Waals surface area contributed by atoms with E-state index in [-0.39, 0.29) is 43.3 Å². The smallest absolute Gasteiger partial charge is 0.338 e. The van der Waals surface area contributed by atoms with Gasteiger partial charge in [-0.2, -0.15) is 0 Å². The van der Waals surface area contributed by atoms with Gasteiger partial charge in [0.05, 0.1) is 24.3 Å². The Balaban J connectivity index is 2.87. The van der Waals surface area contributed by atoms with Gasteiger partial charge in [0.1, 0.15) is 19.0 Å². The first-order valence-corrected chi connectivity index (χ1v) is 5.48. The Morgan fingerprint density at radius 2 is 1.32 bits per heavy atom. The van der Waals surface area contributed by atoms with Crippen LogP contribution in [0.3, 0.4) is 0 Å². The largest absolute Gasteiger partial charge is 0.508 e. The lowest BCUT2D eigenvalue weighted by atomic mass is 10.1. The lowest BCUT2D eigenvalue weighted by Crippen LogP contribution is -2.12. The topological polar surface area (TPSA) is 113 Å². The third kappa shape index (κ3) is 4.57. The van der Waals surface area contributed by atoms with Crippen LogP contribution in [-0.4, -0.2) is 53.7 Å². The van der Waals surface area contributed by atoms with Crippen LogP contribution in [0.5, 0.6) is 5.75 Å². The number of phenols is 1. The number of aliphatic hydroxyl groups excluding tert-OH is 2. The number of hydrogen-bond donors (Lipinski definition) is 3. The molecule has 0 heterocycles. The summed E-state index contributed by atoms with van der Waals surface area (Å²) in [6.07, 6.45) is 0. The van der Waals surface area contributed by atoms with Crippen molar-refractivity contribution in [1.82, 2.24) is 0 Å². The van der Waals surface area contributed by atoms with Crippen molar-refractivity contribution < 1.29 is 34.4 Å². The number of esters is 2. The Labute approximate surface area is 109 Å². The molecule has 0 aromatic heterocycles. The molecule has 0 bridgehead atoms. The fourth-order valence-electron chi connectivity index (χ4n) is 1.29. The van der Waals surface area contributed by atoms with Crippen molar-refractivity contribution in [2.75, 3.05) is 26.4 Å². The molecule has 7 heteroatoms. The van der Waals surface area contributed by atoms with Crippen molar-refractivity contribution in [1.29, 1.82) is 0 Å². The number of aliphatic hydroxyl groups is 2. The number of benzene rings is 1. The number of ether oxygens (including phenoxy) is 2. The van der Waals surface area contributed by atoms with Crippen molar-refractivity contribution in [3.8, 4) is 5.75 Å². The van der Waals surface area contributed by atoms with E-state index in [4.69, 9.17) is 10.2 Å². The van der Waals surface area contributed by atoms with E-state index in [1.807, 2.05) is 0 Å². The number of carbonyl (C=O) groups is 2. The van der Waals surface area contributed by atoms with E-state index in [2.05, 4.69) is 9.47 Å². The van der Waals surface area contributed by atoms with E-state index < -0.39 is 11.9 Å². The highest BCUT2D eigenvalue weighted by molar-refractivity contribution is 5.96. The van der Waals surface area contributed by atoms with Crippen LogP contribution in [0.15, 0.2) is 18.2 Å². The van der Waals surface area contributed by atoms with Crippen molar-refractivity contribution in [2.24, 2.45) is 0 Å². The predicted octanol–water partition coefficient (Wildman–Crippen LogP) is -0.310. The maximum absolute atomic E-state index is 11.5. The van der Waals surface area contributed by atoms with E-state index >= 15 is 0 Å². The molecule has 0 fully saturated rings. The Bertz CT molecular complexity index is 417. The zero-order chi connectivity index (χ0) is 14.3. The first kappa shape index (κ1) is 14.9. The van der Waals surface area contributed by atoms with Gasteiger partial charge in [-0.3, -0.25) is 0 Å². The fourth-order valence-corrected chi connectivity index (χ4v) is 1.29. The molecular weight excluding hydrogens is 256 g/mol. The molecule has 1 rings (SSSR count). The number of phenolic OH excluding ortho intramolecular Hbond substituents is 1. The van der Waals surface area contributed by atoms with Gasteiger partial charge >= 0.3 is 11.9 Å². The quantitative estimate of drug-likeness (QED) is 0.607. The van der Waals surface area contributed by atoms with Crippen LogP contribution < -0.4 is 0 Å². The SMILES string of the molecule is O=C(OCCO)c1cc(O)cc(C(=O)OCCO)c1. The molecule has 0 spiro atoms. The van der Waals surface area contributed by atoms with E-state index in [0.717, 1.165) is 12.1 Å². The molecule has 104 valence electrons. The maximum Gasteiger partial charge on any atom is 0.338 e. The van der Waals surface area contributed by atoms with Gasteiger partial charge in [-0.25, -0.2) is 9.59 Å². The van der Waals surface area contributed by atoms with Crippen molar-refractivity contribution >= 4 is 11.9 Å². The van der Waals surface area contributed by atoms with Gasteiger partial charge in [-0.1, -0.05) is 0 Å². The molecule has 7 nitrogen and oxygen atoms in total. The molecular formula is C12H14O7. The monoisotopic (exact) mass is 270 g/mol. The molecule has 0 saturated carbocycles. The number of aromatic hydroxyl groups is 1. The first-order valence-electron chi connectivity index (χ1n) is 5.48. The molecule has 1 aromatic carbocycles. The molecule has 0 unspecified atom stereocenters. The minimum absolute atomic E-state index is 0.0376. The van der Waals surface area contributed by atoms with Gasteiger partial charge in [0.25, 0.3) is 0 Å². The van der Waals surface area contributed by atoms with Crippen molar-refractivity contribution in [2.45, 2.75) is 0 Å². The highest BCUT2D eigenvalue weighted by Crippen LogP contribution is 2.17. The Kier molecular flexibility index (Phi) is 5.77. The second-order valence-corrected chi connectivity index (χ2v) is 3.49. The molecule has 1 aromatic rings. The summed E-state index contributed by atoms with van der Waals surface area (Å²) in [5, 5.41) is 26.5. The minimum Gasteiger partial charge on any atom is -0.508 e. The average Bonchev–Trinajstić information content (AvgIpc) is 2.41. The molecule has 19 heavy (non-hydrogen) atoms. The maximum atomic E-state index is 11.5. The molecule has 0 aliphatic heterocycles. The Morgan fingerprint density at radius 3 is 1.68 bits per heavy atom. The van der Waals surface area contributed by atoms with Crippen LogP contribution >= 0.6 is 0 Å². The summed E-state index contributed by atoms with van der Waals surface area (Å²) in [5.74, 6) is -1.85. The predicted molar refractivity (Wildman–Crippen MR) is 62.8 cm³/mol. The Morgan fingerprint density at radius 1 is 0.895 bits per heavy atom. The summed E-state index contributed by atoms with van der Waals surface area (Å²) in [6, 6.07) is 3.45. The van der Waals surface area contributed by atoms with Crippen molar-refractivity contribution in [3.05, 3.63) is 29.3 Å². The first-order chi connectivity index (χ1) is 9.08. The molecule has 0 saturated heterocycles. The van der Waals surface area contributed by atoms with Crippen LogP contribution in [0.1, 0.15) is 20.7 Å². The molecule has 0 radical (unpaired) electrons. The number of hydrogen-bond acceptors (Lipinski definition) is 7. The van der Waals surface area contributed by atoms with Gasteiger partial charge in [0, 0.05) is 0 Å². The summed E-state index contributed by atoms with van der Waals surface area (Å²) in [4.78, 5) is 23.0. The van der Waals surface area contributed by atoms with Gasteiger partial charge in [-0.05, 0) is 18.2 Å². The average molecular weight is 270 g/mol. The third-order valence-electron chi connectivity index (χ3n) is 2.04. The lowest BCUT2D eigenvalue weighted by Gasteiger charge is -2.07. The summed E-state index contributed by atoms with van der Waals surface area (Å²) in [5.41, 5.74) is -0.0752. The van der Waals surface area contributed by atoms with Crippen molar-refractivity contribution in [3.63, 3.8) is 0 Å². The summed E-state index contributed by atoms with van der Waals surface area (Å²) in [7, 11) is 0. The van der Waals surface area contributed by atoms with Gasteiger partial charge in [-0.15, -0.1) is 0 Å². The summed E-state index contributed by atoms with van der Waals surface area (Å²) < 4.78 is 9.31. The second-order valence-electron chi connectivity index (χ2n) is 3.49.